The Labute approximate surface area is 127 Å². The number of aromatic nitrogens is 2. The SMILES string of the molecule is Fc1c(Cl)cccc1NCc1ccc(-n2cccn2)cc1. The van der Waals surface area contributed by atoms with Crippen molar-refractivity contribution in [3.8, 4) is 5.69 Å². The Hall–Kier alpha value is -2.33. The van der Waals surface area contributed by atoms with Crippen LogP contribution < -0.4 is 5.32 Å². The van der Waals surface area contributed by atoms with Gasteiger partial charge < -0.3 is 5.32 Å². The molecular weight excluding hydrogens is 289 g/mol. The molecule has 3 rings (SSSR count). The molecule has 1 heterocycles. The first-order valence-corrected chi connectivity index (χ1v) is 6.89. The zero-order chi connectivity index (χ0) is 14.7. The van der Waals surface area contributed by atoms with E-state index in [1.807, 2.05) is 36.5 Å². The number of hydrogen-bond acceptors (Lipinski definition) is 2. The van der Waals surface area contributed by atoms with Crippen molar-refractivity contribution < 1.29 is 4.39 Å². The second kappa shape index (κ2) is 5.97. The minimum atomic E-state index is -0.424. The molecule has 0 fully saturated rings. The number of halogens is 2. The number of rotatable bonds is 4. The van der Waals surface area contributed by atoms with Crippen LogP contribution in [0.25, 0.3) is 5.69 Å². The van der Waals surface area contributed by atoms with Crippen LogP contribution in [0.2, 0.25) is 5.02 Å². The number of hydrogen-bond donors (Lipinski definition) is 1. The summed E-state index contributed by atoms with van der Waals surface area (Å²) in [5, 5.41) is 7.33. The van der Waals surface area contributed by atoms with Crippen LogP contribution >= 0.6 is 11.6 Å². The minimum Gasteiger partial charge on any atom is -0.379 e. The molecule has 21 heavy (non-hydrogen) atoms. The van der Waals surface area contributed by atoms with Gasteiger partial charge >= 0.3 is 0 Å². The minimum absolute atomic E-state index is 0.119. The number of nitrogens with one attached hydrogen (secondary N) is 1. The predicted molar refractivity (Wildman–Crippen MR) is 82.3 cm³/mol. The number of anilines is 1. The average molecular weight is 302 g/mol. The molecule has 0 saturated carbocycles. The molecule has 0 atom stereocenters. The van der Waals surface area contributed by atoms with Gasteiger partial charge in [0.15, 0.2) is 5.82 Å². The van der Waals surface area contributed by atoms with Crippen LogP contribution in [0.1, 0.15) is 5.56 Å². The van der Waals surface area contributed by atoms with E-state index in [2.05, 4.69) is 10.4 Å². The topological polar surface area (TPSA) is 29.9 Å². The van der Waals surface area contributed by atoms with Gasteiger partial charge in [-0.15, -0.1) is 0 Å². The maximum absolute atomic E-state index is 13.7. The van der Waals surface area contributed by atoms with Gasteiger partial charge in [-0.2, -0.15) is 5.10 Å². The zero-order valence-electron chi connectivity index (χ0n) is 11.1. The molecule has 0 aliphatic heterocycles. The van der Waals surface area contributed by atoms with Gasteiger partial charge in [-0.05, 0) is 35.9 Å². The second-order valence-corrected chi connectivity index (χ2v) is 4.98. The van der Waals surface area contributed by atoms with Crippen molar-refractivity contribution in [2.75, 3.05) is 5.32 Å². The summed E-state index contributed by atoms with van der Waals surface area (Å²) in [7, 11) is 0. The summed E-state index contributed by atoms with van der Waals surface area (Å²) in [6, 6.07) is 14.7. The van der Waals surface area contributed by atoms with Gasteiger partial charge in [0, 0.05) is 18.9 Å². The van der Waals surface area contributed by atoms with E-state index in [0.717, 1.165) is 11.3 Å². The Kier molecular flexibility index (Phi) is 3.88. The third-order valence-corrected chi connectivity index (χ3v) is 3.43. The summed E-state index contributed by atoms with van der Waals surface area (Å²) >= 11 is 5.75. The van der Waals surface area contributed by atoms with Crippen LogP contribution in [0.15, 0.2) is 60.9 Å². The van der Waals surface area contributed by atoms with Gasteiger partial charge in [0.1, 0.15) is 0 Å². The summed E-state index contributed by atoms with van der Waals surface area (Å²) < 4.78 is 15.5. The van der Waals surface area contributed by atoms with Crippen LogP contribution in [0, 0.1) is 5.82 Å². The summed E-state index contributed by atoms with van der Waals surface area (Å²) in [5.74, 6) is -0.424. The fraction of sp³-hybridized carbons (Fsp3) is 0.0625. The monoisotopic (exact) mass is 301 g/mol. The Morgan fingerprint density at radius 3 is 2.62 bits per heavy atom. The standard InChI is InChI=1S/C16H13ClFN3/c17-14-3-1-4-15(16(14)18)19-11-12-5-7-13(8-6-12)21-10-2-9-20-21/h1-10,19H,11H2. The lowest BCUT2D eigenvalue weighted by Crippen LogP contribution is -2.02. The molecule has 1 aromatic heterocycles. The quantitative estimate of drug-likeness (QED) is 0.779. The van der Waals surface area contributed by atoms with E-state index in [0.29, 0.717) is 12.2 Å². The van der Waals surface area contributed by atoms with E-state index < -0.39 is 5.82 Å². The van der Waals surface area contributed by atoms with E-state index in [-0.39, 0.29) is 5.02 Å². The molecule has 0 aliphatic rings. The third-order valence-electron chi connectivity index (χ3n) is 3.14. The molecule has 106 valence electrons. The van der Waals surface area contributed by atoms with Crippen molar-refractivity contribution >= 4 is 17.3 Å². The average Bonchev–Trinajstić information content (AvgIpc) is 3.04. The van der Waals surface area contributed by atoms with E-state index in [1.54, 1.807) is 23.0 Å². The summed E-state index contributed by atoms with van der Waals surface area (Å²) in [6.45, 7) is 0.524. The van der Waals surface area contributed by atoms with Gasteiger partial charge in [-0.25, -0.2) is 9.07 Å². The molecule has 3 nitrogen and oxygen atoms in total. The third kappa shape index (κ3) is 3.06. The van der Waals surface area contributed by atoms with Crippen LogP contribution in [-0.2, 0) is 6.54 Å². The van der Waals surface area contributed by atoms with Crippen LogP contribution in [-0.4, -0.2) is 9.78 Å². The summed E-state index contributed by atoms with van der Waals surface area (Å²) in [6.07, 6.45) is 3.62. The normalized spacial score (nSPS) is 10.6. The number of benzene rings is 2. The second-order valence-electron chi connectivity index (χ2n) is 4.57. The molecular formula is C16H13ClFN3. The molecule has 0 spiro atoms. The van der Waals surface area contributed by atoms with Crippen molar-refractivity contribution in [1.29, 1.82) is 0 Å². The van der Waals surface area contributed by atoms with Gasteiger partial charge in [0.25, 0.3) is 0 Å². The molecule has 0 aliphatic carbocycles. The van der Waals surface area contributed by atoms with Gasteiger partial charge in [0.2, 0.25) is 0 Å². The largest absolute Gasteiger partial charge is 0.379 e. The van der Waals surface area contributed by atoms with Gasteiger partial charge in [-0.3, -0.25) is 0 Å². The molecule has 3 aromatic rings. The molecule has 0 unspecified atom stereocenters. The summed E-state index contributed by atoms with van der Waals surface area (Å²) in [5.41, 5.74) is 2.43. The van der Waals surface area contributed by atoms with Crippen molar-refractivity contribution in [3.63, 3.8) is 0 Å². The molecule has 0 radical (unpaired) electrons. The Morgan fingerprint density at radius 1 is 1.10 bits per heavy atom. The lowest BCUT2D eigenvalue weighted by molar-refractivity contribution is 0.630. The highest BCUT2D eigenvalue weighted by Gasteiger charge is 2.05. The first-order valence-electron chi connectivity index (χ1n) is 6.51. The van der Waals surface area contributed by atoms with Crippen LogP contribution in [0.3, 0.4) is 0 Å². The summed E-state index contributed by atoms with van der Waals surface area (Å²) in [4.78, 5) is 0. The first-order chi connectivity index (χ1) is 10.2. The van der Waals surface area contributed by atoms with E-state index in [4.69, 9.17) is 11.6 Å². The maximum Gasteiger partial charge on any atom is 0.164 e. The fourth-order valence-electron chi connectivity index (χ4n) is 2.03. The molecule has 0 saturated heterocycles. The molecule has 1 N–H and O–H groups in total. The molecule has 2 aromatic carbocycles. The van der Waals surface area contributed by atoms with E-state index in [9.17, 15) is 4.39 Å². The van der Waals surface area contributed by atoms with Crippen LogP contribution in [0.4, 0.5) is 10.1 Å². The molecule has 0 amide bonds. The zero-order valence-corrected chi connectivity index (χ0v) is 11.9. The number of nitrogens with zero attached hydrogens (tertiary/aromatic N) is 2. The highest BCUT2D eigenvalue weighted by atomic mass is 35.5. The van der Waals surface area contributed by atoms with Crippen molar-refractivity contribution in [1.82, 2.24) is 9.78 Å². The van der Waals surface area contributed by atoms with Crippen molar-refractivity contribution in [2.24, 2.45) is 0 Å². The Morgan fingerprint density at radius 2 is 1.90 bits per heavy atom. The maximum atomic E-state index is 13.7. The molecule has 0 bridgehead atoms. The first kappa shape index (κ1) is 13.6. The van der Waals surface area contributed by atoms with E-state index in [1.165, 1.54) is 6.07 Å². The predicted octanol–water partition coefficient (Wildman–Crippen LogP) is 4.28. The van der Waals surface area contributed by atoms with Crippen molar-refractivity contribution in [3.05, 3.63) is 77.3 Å². The van der Waals surface area contributed by atoms with Crippen LogP contribution in [0.5, 0.6) is 0 Å². The lowest BCUT2D eigenvalue weighted by atomic mass is 10.2. The molecule has 5 heteroatoms. The Balaban J connectivity index is 1.70. The lowest BCUT2D eigenvalue weighted by Gasteiger charge is -2.09. The van der Waals surface area contributed by atoms with Gasteiger partial charge in [0.05, 0.1) is 16.4 Å². The highest BCUT2D eigenvalue weighted by molar-refractivity contribution is 6.31. The van der Waals surface area contributed by atoms with Gasteiger partial charge in [-0.1, -0.05) is 29.8 Å². The van der Waals surface area contributed by atoms with E-state index >= 15 is 0 Å². The fourth-order valence-corrected chi connectivity index (χ4v) is 2.20. The smallest absolute Gasteiger partial charge is 0.164 e. The Bertz CT molecular complexity index is 724. The van der Waals surface area contributed by atoms with Crippen molar-refractivity contribution in [2.45, 2.75) is 6.54 Å². The highest BCUT2D eigenvalue weighted by Crippen LogP contribution is 2.22.